The SMILES string of the molecule is O=C(CCC(F)(F)F)N[C@H](O)c1cnn2cc([C@@H](NC(=O)c3ccnc(CC(F)(F)F)c3)C3CCC(F)(F)CC3)nc2c1. The molecule has 0 spiro atoms. The van der Waals surface area contributed by atoms with Crippen molar-refractivity contribution in [3.05, 3.63) is 59.3 Å². The summed E-state index contributed by atoms with van der Waals surface area (Å²) >= 11 is 0. The molecule has 17 heteroatoms. The van der Waals surface area contributed by atoms with Crippen LogP contribution in [-0.4, -0.2) is 54.8 Å². The van der Waals surface area contributed by atoms with Crippen LogP contribution in [-0.2, 0) is 11.2 Å². The van der Waals surface area contributed by atoms with Crippen LogP contribution in [0.15, 0.2) is 36.8 Å². The minimum Gasteiger partial charge on any atom is -0.369 e. The molecule has 0 aromatic carbocycles. The van der Waals surface area contributed by atoms with Crippen LogP contribution in [0.4, 0.5) is 35.1 Å². The van der Waals surface area contributed by atoms with Gasteiger partial charge in [-0.2, -0.15) is 31.4 Å². The molecular formula is C26H26F8N6O3. The van der Waals surface area contributed by atoms with Gasteiger partial charge in [-0.25, -0.2) is 18.3 Å². The van der Waals surface area contributed by atoms with Gasteiger partial charge in [-0.1, -0.05) is 0 Å². The average molecular weight is 623 g/mol. The van der Waals surface area contributed by atoms with E-state index in [1.165, 1.54) is 22.8 Å². The first kappa shape index (κ1) is 32.0. The maximum absolute atomic E-state index is 13.9. The standard InChI is InChI=1S/C26H26F8N6O3/c27-24(28)5-1-14(2-6-24)21(39-22(42)15-4-8-35-17(9-15)11-26(32,33)34)18-13-40-19(37-18)10-16(12-36-40)23(43)38-20(41)3-7-25(29,30)31/h4,8-10,12-14,21,23,43H,1-3,5-7,11H2,(H,38,41)(H,39,42)/t21-,23+/m0/s1. The highest BCUT2D eigenvalue weighted by Gasteiger charge is 2.39. The summed E-state index contributed by atoms with van der Waals surface area (Å²) in [5.41, 5.74) is -0.261. The highest BCUT2D eigenvalue weighted by atomic mass is 19.4. The lowest BCUT2D eigenvalue weighted by Crippen LogP contribution is -2.37. The number of aliphatic hydroxyl groups excluding tert-OH is 1. The Bertz CT molecular complexity index is 1450. The van der Waals surface area contributed by atoms with Crippen LogP contribution in [0.25, 0.3) is 5.65 Å². The Kier molecular flexibility index (Phi) is 9.22. The number of aliphatic hydroxyl groups is 1. The molecule has 234 valence electrons. The van der Waals surface area contributed by atoms with E-state index in [1.54, 1.807) is 0 Å². The van der Waals surface area contributed by atoms with Gasteiger partial charge in [0, 0.05) is 36.6 Å². The fourth-order valence-electron chi connectivity index (χ4n) is 4.75. The number of aromatic nitrogens is 4. The molecule has 3 N–H and O–H groups in total. The molecule has 9 nitrogen and oxygen atoms in total. The topological polar surface area (TPSA) is 122 Å². The molecule has 3 aromatic rings. The number of carbonyl (C=O) groups is 2. The number of carbonyl (C=O) groups excluding carboxylic acids is 2. The first-order valence-electron chi connectivity index (χ1n) is 13.1. The molecule has 3 aromatic heterocycles. The van der Waals surface area contributed by atoms with Gasteiger partial charge in [0.25, 0.3) is 5.91 Å². The van der Waals surface area contributed by atoms with Crippen molar-refractivity contribution >= 4 is 17.5 Å². The molecule has 0 bridgehead atoms. The molecule has 0 radical (unpaired) electrons. The van der Waals surface area contributed by atoms with Crippen molar-refractivity contribution in [2.24, 2.45) is 5.92 Å². The van der Waals surface area contributed by atoms with Crippen LogP contribution in [0.3, 0.4) is 0 Å². The van der Waals surface area contributed by atoms with Crippen molar-refractivity contribution < 1.29 is 49.8 Å². The van der Waals surface area contributed by atoms with Gasteiger partial charge in [-0.15, -0.1) is 0 Å². The molecule has 1 aliphatic rings. The first-order valence-corrected chi connectivity index (χ1v) is 13.1. The molecule has 1 aliphatic carbocycles. The second kappa shape index (κ2) is 12.4. The highest BCUT2D eigenvalue weighted by Crippen LogP contribution is 2.41. The second-order valence-corrected chi connectivity index (χ2v) is 10.3. The van der Waals surface area contributed by atoms with E-state index in [0.717, 1.165) is 18.5 Å². The van der Waals surface area contributed by atoms with Crippen LogP contribution in [0, 0.1) is 5.92 Å². The quantitative estimate of drug-likeness (QED) is 0.229. The van der Waals surface area contributed by atoms with Crippen molar-refractivity contribution in [1.29, 1.82) is 0 Å². The van der Waals surface area contributed by atoms with Gasteiger partial charge < -0.3 is 15.7 Å². The number of imidazole rings is 1. The monoisotopic (exact) mass is 622 g/mol. The largest absolute Gasteiger partial charge is 0.394 e. The Morgan fingerprint density at radius 1 is 1.07 bits per heavy atom. The maximum Gasteiger partial charge on any atom is 0.394 e. The summed E-state index contributed by atoms with van der Waals surface area (Å²) in [7, 11) is 0. The summed E-state index contributed by atoms with van der Waals surface area (Å²) in [6.45, 7) is 0. The van der Waals surface area contributed by atoms with Gasteiger partial charge in [0.05, 0.1) is 42.7 Å². The Balaban J connectivity index is 1.57. The molecule has 0 aliphatic heterocycles. The number of nitrogens with one attached hydrogen (secondary N) is 2. The third-order valence-electron chi connectivity index (χ3n) is 6.91. The summed E-state index contributed by atoms with van der Waals surface area (Å²) in [6, 6.07) is 2.52. The molecule has 0 unspecified atom stereocenters. The van der Waals surface area contributed by atoms with E-state index in [1.807, 2.05) is 5.32 Å². The Morgan fingerprint density at radius 3 is 2.42 bits per heavy atom. The number of nitrogens with zero attached hydrogens (tertiary/aromatic N) is 4. The van der Waals surface area contributed by atoms with Gasteiger partial charge in [0.1, 0.15) is 0 Å². The molecular weight excluding hydrogens is 596 g/mol. The van der Waals surface area contributed by atoms with E-state index in [-0.39, 0.29) is 41.0 Å². The number of hydrogen-bond acceptors (Lipinski definition) is 6. The van der Waals surface area contributed by atoms with Gasteiger partial charge in [-0.3, -0.25) is 14.6 Å². The molecule has 1 fully saturated rings. The third-order valence-corrected chi connectivity index (χ3v) is 6.91. The zero-order valence-corrected chi connectivity index (χ0v) is 22.2. The van der Waals surface area contributed by atoms with Gasteiger partial charge in [-0.05, 0) is 37.0 Å². The van der Waals surface area contributed by atoms with Gasteiger partial charge >= 0.3 is 12.4 Å². The van der Waals surface area contributed by atoms with E-state index in [2.05, 4.69) is 20.4 Å². The van der Waals surface area contributed by atoms with E-state index < -0.39 is 80.4 Å². The fraction of sp³-hybridized carbons (Fsp3) is 0.500. The number of pyridine rings is 1. The van der Waals surface area contributed by atoms with Crippen molar-refractivity contribution in [2.75, 3.05) is 0 Å². The molecule has 3 heterocycles. The van der Waals surface area contributed by atoms with Crippen molar-refractivity contribution in [3.8, 4) is 0 Å². The van der Waals surface area contributed by atoms with Crippen molar-refractivity contribution in [3.63, 3.8) is 0 Å². The van der Waals surface area contributed by atoms with Crippen LogP contribution >= 0.6 is 0 Å². The summed E-state index contributed by atoms with van der Waals surface area (Å²) in [5, 5.41) is 19.1. The molecule has 2 amide bonds. The number of fused-ring (bicyclic) bond motifs is 1. The zero-order valence-electron chi connectivity index (χ0n) is 22.2. The lowest BCUT2D eigenvalue weighted by Gasteiger charge is -2.33. The van der Waals surface area contributed by atoms with Crippen LogP contribution in [0.5, 0.6) is 0 Å². The summed E-state index contributed by atoms with van der Waals surface area (Å²) < 4.78 is 105. The van der Waals surface area contributed by atoms with Crippen LogP contribution in [0.2, 0.25) is 0 Å². The number of halogens is 8. The number of amides is 2. The molecule has 0 saturated heterocycles. The molecule has 4 rings (SSSR count). The summed E-state index contributed by atoms with van der Waals surface area (Å²) in [6.07, 6.45) is -11.8. The van der Waals surface area contributed by atoms with E-state index in [0.29, 0.717) is 0 Å². The zero-order chi connectivity index (χ0) is 31.6. The molecule has 1 saturated carbocycles. The summed E-state index contributed by atoms with van der Waals surface area (Å²) in [4.78, 5) is 33.0. The average Bonchev–Trinajstić information content (AvgIpc) is 3.33. The van der Waals surface area contributed by atoms with E-state index >= 15 is 0 Å². The molecule has 43 heavy (non-hydrogen) atoms. The van der Waals surface area contributed by atoms with E-state index in [9.17, 15) is 49.8 Å². The summed E-state index contributed by atoms with van der Waals surface area (Å²) in [5.74, 6) is -5.25. The smallest absolute Gasteiger partial charge is 0.369 e. The minimum atomic E-state index is -4.56. The third kappa shape index (κ3) is 9.05. The fourth-order valence-corrected chi connectivity index (χ4v) is 4.75. The maximum atomic E-state index is 13.9. The highest BCUT2D eigenvalue weighted by molar-refractivity contribution is 5.94. The van der Waals surface area contributed by atoms with Gasteiger partial charge in [0.2, 0.25) is 11.8 Å². The minimum absolute atomic E-state index is 0.00281. The normalized spacial score (nSPS) is 17.4. The lowest BCUT2D eigenvalue weighted by molar-refractivity contribution is -0.145. The van der Waals surface area contributed by atoms with Crippen molar-refractivity contribution in [1.82, 2.24) is 30.2 Å². The molecule has 2 atom stereocenters. The van der Waals surface area contributed by atoms with E-state index in [4.69, 9.17) is 0 Å². The Morgan fingerprint density at radius 2 is 1.77 bits per heavy atom. The number of rotatable bonds is 9. The Labute approximate surface area is 238 Å². The predicted molar refractivity (Wildman–Crippen MR) is 132 cm³/mol. The number of alkyl halides is 8. The van der Waals surface area contributed by atoms with Crippen LogP contribution < -0.4 is 10.6 Å². The van der Waals surface area contributed by atoms with Gasteiger partial charge in [0.15, 0.2) is 11.9 Å². The second-order valence-electron chi connectivity index (χ2n) is 10.3. The lowest BCUT2D eigenvalue weighted by atomic mass is 9.81. The first-order chi connectivity index (χ1) is 20.0. The predicted octanol–water partition coefficient (Wildman–Crippen LogP) is 4.98. The van der Waals surface area contributed by atoms with Crippen molar-refractivity contribution in [2.45, 2.75) is 75.5 Å². The Hall–Kier alpha value is -3.89. The van der Waals surface area contributed by atoms with Crippen LogP contribution in [0.1, 0.15) is 78.1 Å². The number of hydrogen-bond donors (Lipinski definition) is 3.